The highest BCUT2D eigenvalue weighted by atomic mass is 16.5. The van der Waals surface area contributed by atoms with E-state index < -0.39 is 0 Å². The molecule has 0 aromatic heterocycles. The summed E-state index contributed by atoms with van der Waals surface area (Å²) in [6.45, 7) is 6.42. The van der Waals surface area contributed by atoms with Crippen molar-refractivity contribution >= 4 is 0 Å². The van der Waals surface area contributed by atoms with Crippen LogP contribution in [-0.4, -0.2) is 50.7 Å². The Morgan fingerprint density at radius 1 is 1.60 bits per heavy atom. The van der Waals surface area contributed by atoms with E-state index in [9.17, 15) is 5.11 Å². The molecule has 1 heterocycles. The van der Waals surface area contributed by atoms with Crippen molar-refractivity contribution in [3.8, 4) is 0 Å². The predicted molar refractivity (Wildman–Crippen MR) is 58.9 cm³/mol. The standard InChI is InChI=1S/C11H23NO3/c1-2-14-9-11(13)7-12-5-3-10-4-6-15-8-10/h10-13H,2-9H2,1H3. The molecular weight excluding hydrogens is 194 g/mol. The summed E-state index contributed by atoms with van der Waals surface area (Å²) in [5, 5.41) is 12.7. The maximum Gasteiger partial charge on any atom is 0.0897 e. The van der Waals surface area contributed by atoms with Crippen LogP contribution in [-0.2, 0) is 9.47 Å². The Hall–Kier alpha value is -0.160. The van der Waals surface area contributed by atoms with Crippen LogP contribution in [0.2, 0.25) is 0 Å². The van der Waals surface area contributed by atoms with Crippen molar-refractivity contribution in [3.05, 3.63) is 0 Å². The van der Waals surface area contributed by atoms with Crippen molar-refractivity contribution in [1.29, 1.82) is 0 Å². The SMILES string of the molecule is CCOCC(O)CNCCC1CCOC1. The van der Waals surface area contributed by atoms with E-state index in [-0.39, 0.29) is 6.10 Å². The molecule has 2 unspecified atom stereocenters. The Labute approximate surface area is 92.0 Å². The first kappa shape index (κ1) is 12.9. The van der Waals surface area contributed by atoms with E-state index in [1.807, 2.05) is 6.92 Å². The minimum atomic E-state index is -0.384. The highest BCUT2D eigenvalue weighted by Gasteiger charge is 2.14. The topological polar surface area (TPSA) is 50.7 Å². The third-order valence-corrected chi connectivity index (χ3v) is 2.65. The van der Waals surface area contributed by atoms with Crippen LogP contribution in [0.5, 0.6) is 0 Å². The molecule has 4 nitrogen and oxygen atoms in total. The molecule has 0 spiro atoms. The summed E-state index contributed by atoms with van der Waals surface area (Å²) in [4.78, 5) is 0. The highest BCUT2D eigenvalue weighted by Crippen LogP contribution is 2.14. The number of aliphatic hydroxyl groups excluding tert-OH is 1. The van der Waals surface area contributed by atoms with Crippen LogP contribution in [0, 0.1) is 5.92 Å². The first-order chi connectivity index (χ1) is 7.33. The summed E-state index contributed by atoms with van der Waals surface area (Å²) in [5.74, 6) is 0.710. The van der Waals surface area contributed by atoms with E-state index in [1.165, 1.54) is 6.42 Å². The lowest BCUT2D eigenvalue weighted by Gasteiger charge is -2.12. The minimum Gasteiger partial charge on any atom is -0.389 e. The number of aliphatic hydroxyl groups is 1. The molecule has 1 fully saturated rings. The highest BCUT2D eigenvalue weighted by molar-refractivity contribution is 4.66. The molecule has 1 saturated heterocycles. The van der Waals surface area contributed by atoms with E-state index in [1.54, 1.807) is 0 Å². The number of hydrogen-bond donors (Lipinski definition) is 2. The summed E-state index contributed by atoms with van der Waals surface area (Å²) in [7, 11) is 0. The lowest BCUT2D eigenvalue weighted by Crippen LogP contribution is -2.31. The number of ether oxygens (including phenoxy) is 2. The molecule has 0 saturated carbocycles. The van der Waals surface area contributed by atoms with Crippen LogP contribution in [0.1, 0.15) is 19.8 Å². The van der Waals surface area contributed by atoms with Gasteiger partial charge in [-0.05, 0) is 32.2 Å². The van der Waals surface area contributed by atoms with Gasteiger partial charge in [0.25, 0.3) is 0 Å². The molecule has 0 bridgehead atoms. The molecule has 90 valence electrons. The van der Waals surface area contributed by atoms with Gasteiger partial charge in [0, 0.05) is 26.4 Å². The number of rotatable bonds is 8. The summed E-state index contributed by atoms with van der Waals surface area (Å²) >= 11 is 0. The number of hydrogen-bond acceptors (Lipinski definition) is 4. The van der Waals surface area contributed by atoms with Crippen molar-refractivity contribution in [2.75, 3.05) is 39.5 Å². The molecular formula is C11H23NO3. The van der Waals surface area contributed by atoms with Gasteiger partial charge < -0.3 is 19.9 Å². The fraction of sp³-hybridized carbons (Fsp3) is 1.00. The van der Waals surface area contributed by atoms with Gasteiger partial charge in [0.05, 0.1) is 12.7 Å². The molecule has 15 heavy (non-hydrogen) atoms. The van der Waals surface area contributed by atoms with E-state index in [4.69, 9.17) is 9.47 Å². The smallest absolute Gasteiger partial charge is 0.0897 e. The fourth-order valence-electron chi connectivity index (χ4n) is 1.70. The summed E-state index contributed by atoms with van der Waals surface area (Å²) in [6, 6.07) is 0. The molecule has 0 aliphatic carbocycles. The second-order valence-electron chi connectivity index (χ2n) is 4.04. The van der Waals surface area contributed by atoms with E-state index in [0.717, 1.165) is 26.2 Å². The minimum absolute atomic E-state index is 0.384. The van der Waals surface area contributed by atoms with Crippen LogP contribution in [0.4, 0.5) is 0 Å². The van der Waals surface area contributed by atoms with Gasteiger partial charge >= 0.3 is 0 Å². The van der Waals surface area contributed by atoms with Crippen molar-refractivity contribution in [2.45, 2.75) is 25.9 Å². The number of nitrogens with one attached hydrogen (secondary N) is 1. The van der Waals surface area contributed by atoms with Gasteiger partial charge in [0.2, 0.25) is 0 Å². The van der Waals surface area contributed by atoms with Crippen molar-refractivity contribution in [2.24, 2.45) is 5.92 Å². The molecule has 1 aliphatic heterocycles. The lowest BCUT2D eigenvalue weighted by atomic mass is 10.1. The molecule has 1 aliphatic rings. The Balaban J connectivity index is 1.87. The molecule has 0 radical (unpaired) electrons. The van der Waals surface area contributed by atoms with Gasteiger partial charge in [-0.3, -0.25) is 0 Å². The zero-order valence-corrected chi connectivity index (χ0v) is 9.58. The average Bonchev–Trinajstić information content (AvgIpc) is 2.74. The summed E-state index contributed by atoms with van der Waals surface area (Å²) in [5.41, 5.74) is 0. The van der Waals surface area contributed by atoms with Crippen molar-refractivity contribution < 1.29 is 14.6 Å². The third-order valence-electron chi connectivity index (χ3n) is 2.65. The Morgan fingerprint density at radius 2 is 2.47 bits per heavy atom. The van der Waals surface area contributed by atoms with Crippen LogP contribution in [0.25, 0.3) is 0 Å². The molecule has 2 atom stereocenters. The Kier molecular flexibility index (Phi) is 6.92. The molecule has 0 aromatic carbocycles. The van der Waals surface area contributed by atoms with E-state index in [2.05, 4.69) is 5.32 Å². The second-order valence-corrected chi connectivity index (χ2v) is 4.04. The van der Waals surface area contributed by atoms with Gasteiger partial charge in [-0.1, -0.05) is 0 Å². The van der Waals surface area contributed by atoms with E-state index in [0.29, 0.717) is 25.7 Å². The van der Waals surface area contributed by atoms with Gasteiger partial charge in [-0.15, -0.1) is 0 Å². The predicted octanol–water partition coefficient (Wildman–Crippen LogP) is 0.400. The van der Waals surface area contributed by atoms with Gasteiger partial charge in [-0.2, -0.15) is 0 Å². The normalized spacial score (nSPS) is 23.2. The monoisotopic (exact) mass is 217 g/mol. The van der Waals surface area contributed by atoms with Crippen molar-refractivity contribution in [3.63, 3.8) is 0 Å². The first-order valence-electron chi connectivity index (χ1n) is 5.87. The van der Waals surface area contributed by atoms with Gasteiger partial charge in [0.1, 0.15) is 0 Å². The third kappa shape index (κ3) is 6.10. The molecule has 0 aromatic rings. The summed E-state index contributed by atoms with van der Waals surface area (Å²) in [6.07, 6.45) is 1.94. The van der Waals surface area contributed by atoms with Crippen LogP contribution in [0.15, 0.2) is 0 Å². The quantitative estimate of drug-likeness (QED) is 0.578. The second kappa shape index (κ2) is 8.05. The fourth-order valence-corrected chi connectivity index (χ4v) is 1.70. The van der Waals surface area contributed by atoms with E-state index >= 15 is 0 Å². The van der Waals surface area contributed by atoms with Crippen LogP contribution >= 0.6 is 0 Å². The molecule has 0 amide bonds. The summed E-state index contributed by atoms with van der Waals surface area (Å²) < 4.78 is 10.4. The average molecular weight is 217 g/mol. The van der Waals surface area contributed by atoms with Crippen LogP contribution in [0.3, 0.4) is 0 Å². The van der Waals surface area contributed by atoms with Crippen LogP contribution < -0.4 is 5.32 Å². The van der Waals surface area contributed by atoms with Crippen molar-refractivity contribution in [1.82, 2.24) is 5.32 Å². The Morgan fingerprint density at radius 3 is 3.13 bits per heavy atom. The largest absolute Gasteiger partial charge is 0.389 e. The Bertz CT molecular complexity index is 149. The zero-order valence-electron chi connectivity index (χ0n) is 9.58. The lowest BCUT2D eigenvalue weighted by molar-refractivity contribution is 0.0428. The molecule has 4 heteroatoms. The molecule has 2 N–H and O–H groups in total. The maximum absolute atomic E-state index is 9.46. The molecule has 1 rings (SSSR count). The van der Waals surface area contributed by atoms with Gasteiger partial charge in [-0.25, -0.2) is 0 Å². The first-order valence-corrected chi connectivity index (χ1v) is 5.87. The maximum atomic E-state index is 9.46. The van der Waals surface area contributed by atoms with Gasteiger partial charge in [0.15, 0.2) is 0 Å². The zero-order chi connectivity index (χ0) is 10.9.